The van der Waals surface area contributed by atoms with Gasteiger partial charge in [-0.25, -0.2) is 13.8 Å². The molecule has 0 spiro atoms. The average Bonchev–Trinajstić information content (AvgIpc) is 2.81. The quantitative estimate of drug-likeness (QED) is 0.641. The van der Waals surface area contributed by atoms with E-state index in [0.717, 1.165) is 0 Å². The number of hydrogen-bond acceptors (Lipinski definition) is 5. The Hall–Kier alpha value is -1.41. The third-order valence-electron chi connectivity index (χ3n) is 3.19. The van der Waals surface area contributed by atoms with Gasteiger partial charge in [0.1, 0.15) is 0 Å². The van der Waals surface area contributed by atoms with Crippen LogP contribution in [0.1, 0.15) is 24.2 Å². The summed E-state index contributed by atoms with van der Waals surface area (Å²) in [5.41, 5.74) is 4.08. The van der Waals surface area contributed by atoms with Crippen LogP contribution in [0.25, 0.3) is 0 Å². The number of hydrogen-bond donors (Lipinski definition) is 2. The van der Waals surface area contributed by atoms with Crippen LogP contribution in [-0.2, 0) is 16.4 Å². The third kappa shape index (κ3) is 3.26. The van der Waals surface area contributed by atoms with Crippen LogP contribution in [0.4, 0.5) is 0 Å². The van der Waals surface area contributed by atoms with Crippen molar-refractivity contribution in [1.82, 2.24) is 15.2 Å². The molecule has 2 rings (SSSR count). The van der Waals surface area contributed by atoms with Gasteiger partial charge in [0.2, 0.25) is 0 Å². The predicted molar refractivity (Wildman–Crippen MR) is 81.6 cm³/mol. The third-order valence-corrected chi connectivity index (χ3v) is 4.59. The van der Waals surface area contributed by atoms with Gasteiger partial charge in [0.15, 0.2) is 9.84 Å². The molecule has 1 aromatic carbocycles. The maximum atomic E-state index is 11.7. The summed E-state index contributed by atoms with van der Waals surface area (Å²) >= 11 is 6.18. The number of nitrogens with two attached hydrogens (primary N) is 1. The Bertz CT molecular complexity index is 742. The van der Waals surface area contributed by atoms with Gasteiger partial charge in [-0.2, -0.15) is 5.10 Å². The lowest BCUT2D eigenvalue weighted by molar-refractivity contribution is 0.542. The predicted octanol–water partition coefficient (Wildman–Crippen LogP) is 1.51. The fourth-order valence-electron chi connectivity index (χ4n) is 2.17. The summed E-state index contributed by atoms with van der Waals surface area (Å²) in [6.45, 7) is 2.57. The molecule has 0 radical (unpaired) electrons. The molecule has 8 heteroatoms. The Morgan fingerprint density at radius 3 is 2.76 bits per heavy atom. The Morgan fingerprint density at radius 1 is 1.48 bits per heavy atom. The molecule has 0 aliphatic rings. The van der Waals surface area contributed by atoms with Crippen molar-refractivity contribution >= 4 is 21.4 Å². The zero-order valence-electron chi connectivity index (χ0n) is 11.7. The van der Waals surface area contributed by atoms with E-state index in [2.05, 4.69) is 10.5 Å². The minimum absolute atomic E-state index is 0.235. The van der Waals surface area contributed by atoms with Crippen molar-refractivity contribution in [2.24, 2.45) is 5.84 Å². The van der Waals surface area contributed by atoms with E-state index >= 15 is 0 Å². The van der Waals surface area contributed by atoms with Gasteiger partial charge in [0.05, 0.1) is 27.9 Å². The van der Waals surface area contributed by atoms with Crippen molar-refractivity contribution < 1.29 is 8.42 Å². The van der Waals surface area contributed by atoms with Crippen LogP contribution in [0.15, 0.2) is 35.4 Å². The topological polar surface area (TPSA) is 90.0 Å². The highest BCUT2D eigenvalue weighted by molar-refractivity contribution is 7.90. The van der Waals surface area contributed by atoms with E-state index in [-0.39, 0.29) is 4.90 Å². The first kappa shape index (κ1) is 16.0. The summed E-state index contributed by atoms with van der Waals surface area (Å²) in [6, 6.07) is 6.16. The van der Waals surface area contributed by atoms with Crippen LogP contribution in [-0.4, -0.2) is 24.5 Å². The highest BCUT2D eigenvalue weighted by Crippen LogP contribution is 2.28. The second-order valence-corrected chi connectivity index (χ2v) is 7.06. The largest absolute Gasteiger partial charge is 0.271 e. The van der Waals surface area contributed by atoms with E-state index < -0.39 is 15.9 Å². The molecule has 0 saturated heterocycles. The van der Waals surface area contributed by atoms with Crippen LogP contribution in [0, 0.1) is 0 Å². The summed E-state index contributed by atoms with van der Waals surface area (Å²) in [6.07, 6.45) is 2.71. The number of benzene rings is 1. The minimum Gasteiger partial charge on any atom is -0.271 e. The number of nitrogens with one attached hydrogen (secondary N) is 1. The normalized spacial score (nSPS) is 13.3. The lowest BCUT2D eigenvalue weighted by atomic mass is 10.0. The van der Waals surface area contributed by atoms with Crippen LogP contribution in [0.3, 0.4) is 0 Å². The molecule has 0 amide bonds. The lowest BCUT2D eigenvalue weighted by Gasteiger charge is -2.19. The summed E-state index contributed by atoms with van der Waals surface area (Å²) in [5.74, 6) is 5.65. The van der Waals surface area contributed by atoms with Crippen LogP contribution >= 0.6 is 11.6 Å². The minimum atomic E-state index is -3.29. The van der Waals surface area contributed by atoms with E-state index in [9.17, 15) is 8.42 Å². The molecular weight excluding hydrogens is 312 g/mol. The van der Waals surface area contributed by atoms with Crippen molar-refractivity contribution in [2.75, 3.05) is 6.26 Å². The second-order valence-electron chi connectivity index (χ2n) is 4.64. The average molecular weight is 329 g/mol. The Morgan fingerprint density at radius 2 is 2.19 bits per heavy atom. The highest BCUT2D eigenvalue weighted by atomic mass is 35.5. The number of sulfone groups is 1. The van der Waals surface area contributed by atoms with Crippen molar-refractivity contribution in [3.63, 3.8) is 0 Å². The number of hydrazine groups is 1. The lowest BCUT2D eigenvalue weighted by Crippen LogP contribution is -2.31. The SMILES string of the molecule is CCn1ncc(Cl)c1C(NN)c1cccc(S(C)(=O)=O)c1. The van der Waals surface area contributed by atoms with Gasteiger partial charge in [-0.15, -0.1) is 0 Å². The van der Waals surface area contributed by atoms with E-state index in [1.165, 1.54) is 6.26 Å². The van der Waals surface area contributed by atoms with Gasteiger partial charge >= 0.3 is 0 Å². The Balaban J connectivity index is 2.54. The number of rotatable bonds is 5. The summed E-state index contributed by atoms with van der Waals surface area (Å²) in [7, 11) is -3.29. The Labute approximate surface area is 128 Å². The van der Waals surface area contributed by atoms with Crippen molar-refractivity contribution in [3.8, 4) is 0 Å². The number of halogens is 1. The maximum absolute atomic E-state index is 11.7. The van der Waals surface area contributed by atoms with Gasteiger partial charge in [-0.1, -0.05) is 23.7 Å². The molecule has 21 heavy (non-hydrogen) atoms. The molecule has 3 N–H and O–H groups in total. The van der Waals surface area contributed by atoms with Gasteiger partial charge in [0, 0.05) is 12.8 Å². The van der Waals surface area contributed by atoms with E-state index in [0.29, 0.717) is 22.8 Å². The smallest absolute Gasteiger partial charge is 0.175 e. The molecule has 0 bridgehead atoms. The number of nitrogens with zero attached hydrogens (tertiary/aromatic N) is 2. The fourth-order valence-corrected chi connectivity index (χ4v) is 3.09. The first-order valence-corrected chi connectivity index (χ1v) is 8.62. The molecule has 2 aromatic rings. The molecule has 0 aliphatic carbocycles. The fraction of sp³-hybridized carbons (Fsp3) is 0.308. The molecule has 0 aliphatic heterocycles. The van der Waals surface area contributed by atoms with E-state index in [1.54, 1.807) is 35.1 Å². The van der Waals surface area contributed by atoms with Crippen LogP contribution in [0.2, 0.25) is 5.02 Å². The molecule has 6 nitrogen and oxygen atoms in total. The first-order chi connectivity index (χ1) is 9.88. The van der Waals surface area contributed by atoms with Crippen LogP contribution in [0.5, 0.6) is 0 Å². The molecule has 1 unspecified atom stereocenters. The molecule has 0 saturated carbocycles. The summed E-state index contributed by atoms with van der Waals surface area (Å²) < 4.78 is 25.1. The number of aryl methyl sites for hydroxylation is 1. The van der Waals surface area contributed by atoms with Crippen LogP contribution < -0.4 is 11.3 Å². The summed E-state index contributed by atoms with van der Waals surface area (Å²) in [4.78, 5) is 0.235. The highest BCUT2D eigenvalue weighted by Gasteiger charge is 2.22. The molecule has 1 aromatic heterocycles. The summed E-state index contributed by atoms with van der Waals surface area (Å²) in [5, 5.41) is 4.65. The molecule has 1 atom stereocenters. The molecular formula is C13H17ClN4O2S. The van der Waals surface area contributed by atoms with E-state index in [4.69, 9.17) is 17.4 Å². The maximum Gasteiger partial charge on any atom is 0.175 e. The monoisotopic (exact) mass is 328 g/mol. The standard InChI is InChI=1S/C13H17ClN4O2S/c1-3-18-13(11(14)8-16-18)12(17-15)9-5-4-6-10(7-9)21(2,19)20/h4-8,12,17H,3,15H2,1-2H3. The zero-order chi connectivity index (χ0) is 15.6. The first-order valence-electron chi connectivity index (χ1n) is 6.35. The van der Waals surface area contributed by atoms with Gasteiger partial charge < -0.3 is 0 Å². The van der Waals surface area contributed by atoms with E-state index in [1.807, 2.05) is 6.92 Å². The van der Waals surface area contributed by atoms with Crippen molar-refractivity contribution in [2.45, 2.75) is 24.4 Å². The molecule has 1 heterocycles. The van der Waals surface area contributed by atoms with Crippen molar-refractivity contribution in [3.05, 3.63) is 46.7 Å². The van der Waals surface area contributed by atoms with Crippen molar-refractivity contribution in [1.29, 1.82) is 0 Å². The number of aromatic nitrogens is 2. The second kappa shape index (κ2) is 6.15. The Kier molecular flexibility index (Phi) is 4.67. The molecule has 114 valence electrons. The van der Waals surface area contributed by atoms with Gasteiger partial charge in [-0.3, -0.25) is 10.5 Å². The molecule has 0 fully saturated rings. The van der Waals surface area contributed by atoms with Gasteiger partial charge in [0.25, 0.3) is 0 Å². The zero-order valence-corrected chi connectivity index (χ0v) is 13.3. The van der Waals surface area contributed by atoms with Gasteiger partial charge in [-0.05, 0) is 24.6 Å².